The van der Waals surface area contributed by atoms with E-state index in [1.54, 1.807) is 0 Å². The molecular weight excluding hydrogens is 154 g/mol. The van der Waals surface area contributed by atoms with Gasteiger partial charge in [0.2, 0.25) is 0 Å². The molecule has 68 valence electrons. The van der Waals surface area contributed by atoms with Crippen LogP contribution in [0.5, 0.6) is 0 Å². The Kier molecular flexibility index (Phi) is 1.13. The molecule has 5 atom stereocenters. The molecule has 4 unspecified atom stereocenters. The Morgan fingerprint density at radius 3 is 2.83 bits per heavy atom. The van der Waals surface area contributed by atoms with Crippen LogP contribution in [0.2, 0.25) is 0 Å². The molecule has 1 N–H and O–H groups in total. The van der Waals surface area contributed by atoms with Crippen molar-refractivity contribution < 1.29 is 9.84 Å². The summed E-state index contributed by atoms with van der Waals surface area (Å²) in [5.74, 6) is 0.604. The normalized spacial score (nSPS) is 61.0. The first-order valence-electron chi connectivity index (χ1n) is 4.67. The van der Waals surface area contributed by atoms with E-state index in [1.165, 1.54) is 0 Å². The Hall–Kier alpha value is -0.120. The van der Waals surface area contributed by atoms with E-state index < -0.39 is 0 Å². The van der Waals surface area contributed by atoms with Crippen molar-refractivity contribution in [2.45, 2.75) is 36.7 Å². The average molecular weight is 169 g/mol. The molecule has 3 fully saturated rings. The van der Waals surface area contributed by atoms with Gasteiger partial charge in [-0.3, -0.25) is 0 Å². The summed E-state index contributed by atoms with van der Waals surface area (Å²) in [6.45, 7) is 0. The van der Waals surface area contributed by atoms with Crippen LogP contribution in [0, 0.1) is 5.92 Å². The molecule has 0 spiro atoms. The SMILES string of the molecule is CN(C)C12CC(O)CC1[C@H]1OC12. The number of fused-ring (bicyclic) bond motifs is 4. The highest BCUT2D eigenvalue weighted by Gasteiger charge is 2.77. The van der Waals surface area contributed by atoms with Crippen LogP contribution in [-0.2, 0) is 4.74 Å². The van der Waals surface area contributed by atoms with Crippen LogP contribution in [-0.4, -0.2) is 48.0 Å². The predicted octanol–water partition coefficient (Wildman–Crippen LogP) is -0.161. The highest BCUT2D eigenvalue weighted by molar-refractivity contribution is 5.28. The standard InChI is InChI=1S/C9H15NO2/c1-10(2)9-4-5(11)3-6(9)7-8(9)12-7/h5-8,11H,3-4H2,1-2H3/t5?,6?,7-,8?,9?/m1/s1. The second-order valence-corrected chi connectivity index (χ2v) is 4.61. The third-order valence-corrected chi connectivity index (χ3v) is 3.98. The van der Waals surface area contributed by atoms with E-state index >= 15 is 0 Å². The van der Waals surface area contributed by atoms with Crippen LogP contribution in [0.25, 0.3) is 0 Å². The van der Waals surface area contributed by atoms with Crippen molar-refractivity contribution in [1.29, 1.82) is 0 Å². The molecule has 2 saturated carbocycles. The molecule has 3 aliphatic rings. The highest BCUT2D eigenvalue weighted by Crippen LogP contribution is 2.64. The van der Waals surface area contributed by atoms with Crippen LogP contribution < -0.4 is 0 Å². The van der Waals surface area contributed by atoms with Crippen LogP contribution >= 0.6 is 0 Å². The molecule has 0 bridgehead atoms. The van der Waals surface area contributed by atoms with Crippen molar-refractivity contribution in [1.82, 2.24) is 4.90 Å². The lowest BCUT2D eigenvalue weighted by molar-refractivity contribution is 0.0441. The molecule has 1 saturated heterocycles. The Labute approximate surface area is 72.3 Å². The zero-order valence-corrected chi connectivity index (χ0v) is 7.53. The van der Waals surface area contributed by atoms with Gasteiger partial charge in [-0.1, -0.05) is 0 Å². The van der Waals surface area contributed by atoms with Crippen molar-refractivity contribution in [2.75, 3.05) is 14.1 Å². The third-order valence-electron chi connectivity index (χ3n) is 3.98. The number of ether oxygens (including phenoxy) is 1. The predicted molar refractivity (Wildman–Crippen MR) is 43.8 cm³/mol. The van der Waals surface area contributed by atoms with Gasteiger partial charge in [0, 0.05) is 5.92 Å². The zero-order valence-electron chi connectivity index (χ0n) is 7.53. The van der Waals surface area contributed by atoms with Crippen LogP contribution in [0.3, 0.4) is 0 Å². The minimum atomic E-state index is -0.0891. The minimum Gasteiger partial charge on any atom is -0.393 e. The van der Waals surface area contributed by atoms with Gasteiger partial charge in [-0.25, -0.2) is 0 Å². The van der Waals surface area contributed by atoms with Crippen LogP contribution in [0.15, 0.2) is 0 Å². The number of hydrogen-bond donors (Lipinski definition) is 1. The molecule has 12 heavy (non-hydrogen) atoms. The number of nitrogens with zero attached hydrogens (tertiary/aromatic N) is 1. The Balaban J connectivity index is 1.92. The number of likely N-dealkylation sites (N-methyl/N-ethyl adjacent to an activating group) is 1. The molecule has 0 aromatic heterocycles. The number of epoxide rings is 1. The zero-order chi connectivity index (χ0) is 8.51. The monoisotopic (exact) mass is 169 g/mol. The fourth-order valence-electron chi connectivity index (χ4n) is 3.34. The summed E-state index contributed by atoms with van der Waals surface area (Å²) >= 11 is 0. The summed E-state index contributed by atoms with van der Waals surface area (Å²) in [4.78, 5) is 2.25. The smallest absolute Gasteiger partial charge is 0.103 e. The molecule has 3 heteroatoms. The van der Waals surface area contributed by atoms with E-state index in [4.69, 9.17) is 4.74 Å². The third kappa shape index (κ3) is 0.573. The minimum absolute atomic E-state index is 0.0891. The van der Waals surface area contributed by atoms with Crippen LogP contribution in [0.1, 0.15) is 12.8 Å². The molecule has 0 radical (unpaired) electrons. The van der Waals surface area contributed by atoms with E-state index in [2.05, 4.69) is 19.0 Å². The quantitative estimate of drug-likeness (QED) is 0.554. The number of aliphatic hydroxyl groups excluding tert-OH is 1. The second-order valence-electron chi connectivity index (χ2n) is 4.61. The summed E-state index contributed by atoms with van der Waals surface area (Å²) in [5, 5.41) is 9.58. The van der Waals surface area contributed by atoms with Gasteiger partial charge in [0.25, 0.3) is 0 Å². The maximum absolute atomic E-state index is 9.58. The van der Waals surface area contributed by atoms with Crippen molar-refractivity contribution >= 4 is 0 Å². The number of aliphatic hydroxyl groups is 1. The van der Waals surface area contributed by atoms with Gasteiger partial charge in [-0.2, -0.15) is 0 Å². The fourth-order valence-corrected chi connectivity index (χ4v) is 3.34. The Morgan fingerprint density at radius 2 is 2.25 bits per heavy atom. The van der Waals surface area contributed by atoms with Gasteiger partial charge in [0.1, 0.15) is 6.10 Å². The van der Waals surface area contributed by atoms with Gasteiger partial charge < -0.3 is 14.7 Å². The Morgan fingerprint density at radius 1 is 1.50 bits per heavy atom. The molecule has 3 nitrogen and oxygen atoms in total. The molecule has 0 aromatic carbocycles. The molecule has 3 rings (SSSR count). The molecule has 0 aromatic rings. The van der Waals surface area contributed by atoms with Crippen molar-refractivity contribution in [3.8, 4) is 0 Å². The van der Waals surface area contributed by atoms with Crippen molar-refractivity contribution in [3.05, 3.63) is 0 Å². The summed E-state index contributed by atoms with van der Waals surface area (Å²) < 4.78 is 5.56. The van der Waals surface area contributed by atoms with Crippen LogP contribution in [0.4, 0.5) is 0 Å². The lowest BCUT2D eigenvalue weighted by atomic mass is 9.68. The van der Waals surface area contributed by atoms with Gasteiger partial charge >= 0.3 is 0 Å². The van der Waals surface area contributed by atoms with E-state index in [0.29, 0.717) is 18.1 Å². The van der Waals surface area contributed by atoms with Gasteiger partial charge in [0.05, 0.1) is 17.7 Å². The molecular formula is C9H15NO2. The summed E-state index contributed by atoms with van der Waals surface area (Å²) in [6, 6.07) is 0. The highest BCUT2D eigenvalue weighted by atomic mass is 16.6. The maximum Gasteiger partial charge on any atom is 0.103 e. The topological polar surface area (TPSA) is 36.0 Å². The Bertz CT molecular complexity index is 227. The molecule has 1 aliphatic heterocycles. The summed E-state index contributed by atoms with van der Waals surface area (Å²) in [7, 11) is 4.20. The fraction of sp³-hybridized carbons (Fsp3) is 1.00. The van der Waals surface area contributed by atoms with E-state index in [9.17, 15) is 5.11 Å². The number of rotatable bonds is 1. The second kappa shape index (κ2) is 1.86. The first kappa shape index (κ1) is 7.30. The first-order chi connectivity index (χ1) is 5.66. The molecule has 2 aliphatic carbocycles. The average Bonchev–Trinajstić information content (AvgIpc) is 2.65. The van der Waals surface area contributed by atoms with Gasteiger partial charge in [-0.15, -0.1) is 0 Å². The number of hydrogen-bond acceptors (Lipinski definition) is 3. The van der Waals surface area contributed by atoms with Crippen molar-refractivity contribution in [3.63, 3.8) is 0 Å². The lowest BCUT2D eigenvalue weighted by Crippen LogP contribution is -2.61. The first-order valence-corrected chi connectivity index (χ1v) is 4.67. The maximum atomic E-state index is 9.58. The summed E-state index contributed by atoms with van der Waals surface area (Å²) in [6.07, 6.45) is 2.69. The summed E-state index contributed by atoms with van der Waals surface area (Å²) in [5.41, 5.74) is 0.198. The lowest BCUT2D eigenvalue weighted by Gasteiger charge is -2.45. The van der Waals surface area contributed by atoms with E-state index in [1.807, 2.05) is 0 Å². The van der Waals surface area contributed by atoms with Gasteiger partial charge in [-0.05, 0) is 26.9 Å². The largest absolute Gasteiger partial charge is 0.393 e. The van der Waals surface area contributed by atoms with E-state index in [0.717, 1.165) is 12.8 Å². The van der Waals surface area contributed by atoms with E-state index in [-0.39, 0.29) is 11.6 Å². The van der Waals surface area contributed by atoms with Crippen molar-refractivity contribution in [2.24, 2.45) is 5.92 Å². The molecule has 0 amide bonds. The van der Waals surface area contributed by atoms with Gasteiger partial charge in [0.15, 0.2) is 0 Å². The molecule has 1 heterocycles.